The maximum Gasteiger partial charge on any atom is 0.416 e. The highest BCUT2D eigenvalue weighted by molar-refractivity contribution is 6.10. The van der Waals surface area contributed by atoms with Gasteiger partial charge >= 0.3 is 24.1 Å². The lowest BCUT2D eigenvalue weighted by Gasteiger charge is -2.12. The molecule has 470 valence electrons. The van der Waals surface area contributed by atoms with Crippen molar-refractivity contribution >= 4 is 50.6 Å². The van der Waals surface area contributed by atoms with Gasteiger partial charge in [-0.15, -0.1) is 0 Å². The monoisotopic (exact) mass is 1260 g/mol. The molecule has 15 heteroatoms. The Morgan fingerprint density at radius 2 is 0.777 bits per heavy atom. The molecule has 2 aliphatic rings. The van der Waals surface area contributed by atoms with Gasteiger partial charge in [-0.1, -0.05) is 164 Å². The van der Waals surface area contributed by atoms with Gasteiger partial charge in [0.05, 0.1) is 26.0 Å². The first-order valence-corrected chi connectivity index (χ1v) is 30.9. The Balaban J connectivity index is 0.000000128. The molecule has 0 bridgehead atoms. The lowest BCUT2D eigenvalue weighted by atomic mass is 9.99. The van der Waals surface area contributed by atoms with Crippen LogP contribution in [-0.2, 0) is 25.8 Å². The second-order valence-electron chi connectivity index (χ2n) is 23.6. The first kappa shape index (κ1) is 61.5. The number of rotatable bonds is 17. The third kappa shape index (κ3) is 12.7. The number of carbonyl (C=O) groups is 3. The third-order valence-electron chi connectivity index (χ3n) is 17.5. The minimum Gasteiger partial charge on any atom is -0.497 e. The van der Waals surface area contributed by atoms with Crippen molar-refractivity contribution in [2.45, 2.75) is 63.3 Å². The number of aromatic nitrogens is 3. The number of alkyl halides is 3. The summed E-state index contributed by atoms with van der Waals surface area (Å²) in [6.45, 7) is 0.898. The quantitative estimate of drug-likeness (QED) is 0.0807. The first-order chi connectivity index (χ1) is 45.6. The van der Waals surface area contributed by atoms with Gasteiger partial charge in [-0.25, -0.2) is 14.4 Å². The number of halogens is 3. The molecule has 15 rings (SSSR count). The molecule has 2 saturated carbocycles. The summed E-state index contributed by atoms with van der Waals surface area (Å²) in [5, 5.41) is 33.2. The van der Waals surface area contributed by atoms with Gasteiger partial charge in [-0.05, 0) is 149 Å². The second kappa shape index (κ2) is 26.1. The number of methoxy groups -OCH3 is 2. The van der Waals surface area contributed by atoms with E-state index in [4.69, 9.17) is 13.9 Å². The largest absolute Gasteiger partial charge is 0.497 e. The van der Waals surface area contributed by atoms with E-state index in [0.29, 0.717) is 52.8 Å². The Morgan fingerprint density at radius 1 is 0.426 bits per heavy atom. The van der Waals surface area contributed by atoms with Crippen LogP contribution in [0.25, 0.3) is 77.4 Å². The Labute approximate surface area is 539 Å². The minimum atomic E-state index is -4.46. The number of fused-ring (bicyclic) bond motifs is 3. The summed E-state index contributed by atoms with van der Waals surface area (Å²) in [4.78, 5) is 37.3. The van der Waals surface area contributed by atoms with Gasteiger partial charge in [0, 0.05) is 74.6 Å². The molecule has 13 aromatic rings. The fraction of sp³-hybridized carbons (Fsp3) is 0.152. The van der Waals surface area contributed by atoms with E-state index >= 15 is 0 Å². The molecule has 2 fully saturated rings. The summed E-state index contributed by atoms with van der Waals surface area (Å²) in [7, 11) is 3.26. The van der Waals surface area contributed by atoms with Gasteiger partial charge in [0.1, 0.15) is 34.3 Å². The molecule has 4 aromatic heterocycles. The van der Waals surface area contributed by atoms with E-state index in [1.54, 1.807) is 43.2 Å². The molecule has 9 aromatic carbocycles. The van der Waals surface area contributed by atoms with Crippen LogP contribution in [-0.4, -0.2) is 61.1 Å². The van der Waals surface area contributed by atoms with E-state index < -0.39 is 29.6 Å². The fourth-order valence-corrected chi connectivity index (χ4v) is 12.8. The molecular formula is C79H64F3N3O9. The lowest BCUT2D eigenvalue weighted by Crippen LogP contribution is -2.11. The molecule has 0 atom stereocenters. The Morgan fingerprint density at radius 3 is 1.12 bits per heavy atom. The highest BCUT2D eigenvalue weighted by atomic mass is 19.4. The van der Waals surface area contributed by atoms with Gasteiger partial charge < -0.3 is 42.9 Å². The molecule has 2 aliphatic carbocycles. The maximum atomic E-state index is 13.2. The number of para-hydroxylation sites is 3. The van der Waals surface area contributed by atoms with E-state index in [-0.39, 0.29) is 17.9 Å². The van der Waals surface area contributed by atoms with Crippen LogP contribution in [0, 0.1) is 0 Å². The average molecular weight is 1260 g/mol. The van der Waals surface area contributed by atoms with Crippen LogP contribution in [0.3, 0.4) is 0 Å². The van der Waals surface area contributed by atoms with E-state index in [1.807, 2.05) is 179 Å². The highest BCUT2D eigenvalue weighted by Gasteiger charge is 2.32. The lowest BCUT2D eigenvalue weighted by molar-refractivity contribution is -0.137. The molecule has 0 saturated heterocycles. The standard InChI is InChI=1S/C27H21NO4.C26H20F3NO2.C26H23NO3/c1-31-21-7-4-6-18(16-21)17-28-23-9-3-2-8-22(23)25(26(28)27(29)30)20-13-11-19(12-14-20)24-10-5-15-32-24;27-26(28,29)20-5-3-4-16(14-20)15-30-22-7-2-1-6-21(22)23(24(30)25(31)32)19-12-10-18(11-13-19)17-8-9-17;1-30-21-6-4-5-17(15-21)16-27-23-8-3-2-7-22(23)24(25(27)26(28)29)20-13-11-19(12-14-20)18-9-10-18/h2-16H,17H2,1H3,(H,29,30);1-7,10-14,17H,8-9,15H2,(H,31,32);2-8,11-15,18H,9-10,16H2,1H3,(H,28,29). The first-order valence-electron chi connectivity index (χ1n) is 30.9. The molecule has 94 heavy (non-hydrogen) atoms. The SMILES string of the molecule is COc1cccc(Cn2c(C(=O)O)c(-c3ccc(-c4ccco4)cc3)c3ccccc32)c1.COc1cccc(Cn2c(C(=O)O)c(-c3ccc(C4CC4)cc3)c3ccccc32)c1.O=C(O)c1c(-c2ccc(C3CC3)cc2)c2ccccc2n1Cc1cccc(C(F)(F)F)c1. The van der Waals surface area contributed by atoms with Crippen molar-refractivity contribution in [2.75, 3.05) is 14.2 Å². The van der Waals surface area contributed by atoms with Crippen LogP contribution < -0.4 is 9.47 Å². The molecule has 0 unspecified atom stereocenters. The van der Waals surface area contributed by atoms with Crippen molar-refractivity contribution in [1.29, 1.82) is 0 Å². The van der Waals surface area contributed by atoms with Crippen LogP contribution >= 0.6 is 0 Å². The number of hydrogen-bond acceptors (Lipinski definition) is 6. The van der Waals surface area contributed by atoms with Crippen molar-refractivity contribution in [3.05, 3.63) is 287 Å². The number of furan rings is 1. The van der Waals surface area contributed by atoms with Crippen molar-refractivity contribution in [3.63, 3.8) is 0 Å². The van der Waals surface area contributed by atoms with Gasteiger partial charge in [-0.3, -0.25) is 0 Å². The number of hydrogen-bond donors (Lipinski definition) is 3. The summed E-state index contributed by atoms with van der Waals surface area (Å²) in [5.41, 5.74) is 12.9. The zero-order chi connectivity index (χ0) is 65.2. The van der Waals surface area contributed by atoms with Crippen LogP contribution in [0.2, 0.25) is 0 Å². The number of benzene rings is 9. The minimum absolute atomic E-state index is 0.0201. The molecule has 3 N–H and O–H groups in total. The van der Waals surface area contributed by atoms with Crippen LogP contribution in [0.5, 0.6) is 11.5 Å². The number of ether oxygens (including phenoxy) is 2. The van der Waals surface area contributed by atoms with E-state index in [0.717, 1.165) is 95.5 Å². The Kier molecular flexibility index (Phi) is 17.1. The Hall–Kier alpha value is -11.3. The number of nitrogens with zero attached hydrogens (tertiary/aromatic N) is 3. The van der Waals surface area contributed by atoms with E-state index in [1.165, 1.54) is 42.9 Å². The van der Waals surface area contributed by atoms with Crippen molar-refractivity contribution in [3.8, 4) is 56.2 Å². The van der Waals surface area contributed by atoms with E-state index in [2.05, 4.69) is 24.3 Å². The zero-order valence-electron chi connectivity index (χ0n) is 51.4. The third-order valence-corrected chi connectivity index (χ3v) is 17.5. The summed E-state index contributed by atoms with van der Waals surface area (Å²) < 4.78 is 61.1. The summed E-state index contributed by atoms with van der Waals surface area (Å²) in [5.74, 6) is 0.536. The van der Waals surface area contributed by atoms with Gasteiger partial charge in [0.2, 0.25) is 0 Å². The fourth-order valence-electron chi connectivity index (χ4n) is 12.8. The predicted octanol–water partition coefficient (Wildman–Crippen LogP) is 19.2. The normalized spacial score (nSPS) is 12.9. The number of carboxylic acid groups (broad SMARTS) is 3. The number of aromatic carboxylic acids is 3. The molecule has 0 aliphatic heterocycles. The average Bonchev–Trinajstić information content (AvgIpc) is 1.69. The van der Waals surface area contributed by atoms with Crippen molar-refractivity contribution in [1.82, 2.24) is 13.7 Å². The smallest absolute Gasteiger partial charge is 0.416 e. The topological polar surface area (TPSA) is 158 Å². The molecule has 0 radical (unpaired) electrons. The molecule has 12 nitrogen and oxygen atoms in total. The van der Waals surface area contributed by atoms with Crippen molar-refractivity contribution in [2.24, 2.45) is 0 Å². The van der Waals surface area contributed by atoms with Gasteiger partial charge in [-0.2, -0.15) is 13.2 Å². The number of carboxylic acids is 3. The van der Waals surface area contributed by atoms with Gasteiger partial charge in [0.15, 0.2) is 0 Å². The predicted molar refractivity (Wildman–Crippen MR) is 359 cm³/mol. The maximum absolute atomic E-state index is 13.2. The van der Waals surface area contributed by atoms with E-state index in [9.17, 15) is 42.9 Å². The molecular weight excluding hydrogens is 1190 g/mol. The molecule has 0 spiro atoms. The van der Waals surface area contributed by atoms with Crippen LogP contribution in [0.15, 0.2) is 241 Å². The molecule has 0 amide bonds. The highest BCUT2D eigenvalue weighted by Crippen LogP contribution is 2.45. The zero-order valence-corrected chi connectivity index (χ0v) is 51.4. The van der Waals surface area contributed by atoms with Gasteiger partial charge in [0.25, 0.3) is 0 Å². The summed E-state index contributed by atoms with van der Waals surface area (Å²) in [6.07, 6.45) is 2.03. The summed E-state index contributed by atoms with van der Waals surface area (Å²) >= 11 is 0. The Bertz CT molecular complexity index is 4940. The van der Waals surface area contributed by atoms with Crippen LogP contribution in [0.1, 0.15) is 102 Å². The second-order valence-corrected chi connectivity index (χ2v) is 23.6. The molecule has 4 heterocycles. The van der Waals surface area contributed by atoms with Crippen LogP contribution in [0.4, 0.5) is 13.2 Å². The summed E-state index contributed by atoms with van der Waals surface area (Å²) in [6, 6.07) is 71.4. The van der Waals surface area contributed by atoms with Crippen molar-refractivity contribution < 1.29 is 56.8 Å².